The number of carboxylic acid groups (broad SMARTS) is 1. The van der Waals surface area contributed by atoms with E-state index < -0.39 is 5.97 Å². The van der Waals surface area contributed by atoms with Gasteiger partial charge in [-0.15, -0.1) is 13.2 Å². The molecular weight excluding hydrogens is 228 g/mol. The molecule has 1 aromatic heterocycles. The molecule has 0 unspecified atom stereocenters. The molecule has 0 amide bonds. The highest BCUT2D eigenvalue weighted by atomic mass is 16.4. The van der Waals surface area contributed by atoms with E-state index in [2.05, 4.69) is 18.1 Å². The topological polar surface area (TPSA) is 53.4 Å². The monoisotopic (exact) mass is 246 g/mol. The third kappa shape index (κ3) is 3.45. The van der Waals surface area contributed by atoms with Crippen molar-refractivity contribution >= 4 is 11.8 Å². The summed E-state index contributed by atoms with van der Waals surface area (Å²) in [5.74, 6) is -0.294. The molecule has 0 saturated carbocycles. The van der Waals surface area contributed by atoms with Crippen molar-refractivity contribution < 1.29 is 9.90 Å². The first-order valence-corrected chi connectivity index (χ1v) is 5.83. The molecule has 0 fully saturated rings. The van der Waals surface area contributed by atoms with E-state index >= 15 is 0 Å². The fourth-order valence-electron chi connectivity index (χ4n) is 1.61. The third-order valence-corrected chi connectivity index (χ3v) is 2.50. The quantitative estimate of drug-likeness (QED) is 0.751. The van der Waals surface area contributed by atoms with Crippen molar-refractivity contribution in [3.63, 3.8) is 0 Å². The van der Waals surface area contributed by atoms with Crippen LogP contribution in [0.1, 0.15) is 23.0 Å². The van der Waals surface area contributed by atoms with Gasteiger partial charge in [0.15, 0.2) is 0 Å². The number of hydrogen-bond donors (Lipinski definition) is 1. The molecule has 4 nitrogen and oxygen atoms in total. The van der Waals surface area contributed by atoms with Crippen LogP contribution in [0.3, 0.4) is 0 Å². The molecule has 1 N–H and O–H groups in total. The van der Waals surface area contributed by atoms with Crippen molar-refractivity contribution in [2.45, 2.75) is 13.3 Å². The molecule has 1 aromatic rings. The van der Waals surface area contributed by atoms with E-state index in [-0.39, 0.29) is 5.56 Å². The van der Waals surface area contributed by atoms with Gasteiger partial charge in [-0.25, -0.2) is 9.78 Å². The van der Waals surface area contributed by atoms with Crippen molar-refractivity contribution in [3.8, 4) is 0 Å². The minimum Gasteiger partial charge on any atom is -0.478 e. The molecule has 1 heterocycles. The molecule has 0 radical (unpaired) electrons. The second-order valence-corrected chi connectivity index (χ2v) is 3.85. The Hall–Kier alpha value is -2.10. The summed E-state index contributed by atoms with van der Waals surface area (Å²) in [5, 5.41) is 9.08. The summed E-state index contributed by atoms with van der Waals surface area (Å²) in [4.78, 5) is 17.4. The number of rotatable bonds is 7. The lowest BCUT2D eigenvalue weighted by molar-refractivity contribution is 0.0696. The Kier molecular flexibility index (Phi) is 5.11. The predicted octanol–water partition coefficient (Wildman–Crippen LogP) is 2.52. The number of nitrogens with zero attached hydrogens (tertiary/aromatic N) is 2. The fraction of sp³-hybridized carbons (Fsp3) is 0.286. The Morgan fingerprint density at radius 3 is 2.44 bits per heavy atom. The van der Waals surface area contributed by atoms with Crippen molar-refractivity contribution in [1.82, 2.24) is 4.98 Å². The number of anilines is 1. The first-order valence-electron chi connectivity index (χ1n) is 5.83. The summed E-state index contributed by atoms with van der Waals surface area (Å²) in [6.45, 7) is 10.5. The molecule has 0 spiro atoms. The Balaban J connectivity index is 3.18. The molecule has 0 bridgehead atoms. The lowest BCUT2D eigenvalue weighted by atomic mass is 10.2. The molecule has 4 heteroatoms. The first-order chi connectivity index (χ1) is 8.62. The molecule has 96 valence electrons. The molecule has 0 aliphatic rings. The normalized spacial score (nSPS) is 9.83. The Labute approximate surface area is 107 Å². The highest BCUT2D eigenvalue weighted by Crippen LogP contribution is 2.16. The van der Waals surface area contributed by atoms with Gasteiger partial charge in [-0.1, -0.05) is 19.1 Å². The number of hydrogen-bond acceptors (Lipinski definition) is 3. The van der Waals surface area contributed by atoms with Gasteiger partial charge in [-0.3, -0.25) is 0 Å². The van der Waals surface area contributed by atoms with Crippen LogP contribution < -0.4 is 4.90 Å². The number of carboxylic acids is 1. The van der Waals surface area contributed by atoms with Crippen LogP contribution in [0.5, 0.6) is 0 Å². The van der Waals surface area contributed by atoms with Gasteiger partial charge in [0.2, 0.25) is 0 Å². The second-order valence-electron chi connectivity index (χ2n) is 3.85. The Bertz CT molecular complexity index is 445. The van der Waals surface area contributed by atoms with E-state index in [0.717, 1.165) is 5.69 Å². The zero-order valence-corrected chi connectivity index (χ0v) is 10.6. The van der Waals surface area contributed by atoms with Gasteiger partial charge in [-0.2, -0.15) is 0 Å². The molecule has 18 heavy (non-hydrogen) atoms. The van der Waals surface area contributed by atoms with Gasteiger partial charge in [-0.05, 0) is 18.6 Å². The maximum absolute atomic E-state index is 11.1. The molecule has 1 rings (SSSR count). The second kappa shape index (κ2) is 6.59. The summed E-state index contributed by atoms with van der Waals surface area (Å²) in [7, 11) is 0. The highest BCUT2D eigenvalue weighted by Gasteiger charge is 2.11. The lowest BCUT2D eigenvalue weighted by Gasteiger charge is -2.21. The number of pyridine rings is 1. The highest BCUT2D eigenvalue weighted by molar-refractivity contribution is 5.88. The van der Waals surface area contributed by atoms with Crippen LogP contribution in [-0.4, -0.2) is 29.1 Å². The predicted molar refractivity (Wildman–Crippen MR) is 73.2 cm³/mol. The van der Waals surface area contributed by atoms with Crippen LogP contribution in [0.25, 0.3) is 0 Å². The molecule has 0 aliphatic heterocycles. The van der Waals surface area contributed by atoms with Crippen LogP contribution >= 0.6 is 0 Å². The van der Waals surface area contributed by atoms with E-state index in [1.165, 1.54) is 0 Å². The van der Waals surface area contributed by atoms with Gasteiger partial charge in [0.1, 0.15) is 5.82 Å². The summed E-state index contributed by atoms with van der Waals surface area (Å²) >= 11 is 0. The molecular formula is C14H18N2O2. The Morgan fingerprint density at radius 1 is 1.39 bits per heavy atom. The number of aryl methyl sites for hydroxylation is 1. The summed E-state index contributed by atoms with van der Waals surface area (Å²) in [6, 6.07) is 3.18. The largest absolute Gasteiger partial charge is 0.478 e. The SMILES string of the molecule is C=CCN(CC=C)c1cc(C(=O)O)cc(CC)n1. The van der Waals surface area contributed by atoms with Gasteiger partial charge in [0.05, 0.1) is 5.56 Å². The number of aromatic nitrogens is 1. The van der Waals surface area contributed by atoms with E-state index in [9.17, 15) is 4.79 Å². The van der Waals surface area contributed by atoms with Crippen molar-refractivity contribution in [2.24, 2.45) is 0 Å². The average Bonchev–Trinajstić information content (AvgIpc) is 2.37. The summed E-state index contributed by atoms with van der Waals surface area (Å²) in [5.41, 5.74) is 1.03. The molecule has 0 aromatic carbocycles. The van der Waals surface area contributed by atoms with Crippen LogP contribution in [-0.2, 0) is 6.42 Å². The van der Waals surface area contributed by atoms with E-state index in [1.54, 1.807) is 24.3 Å². The minimum absolute atomic E-state index is 0.259. The van der Waals surface area contributed by atoms with Crippen LogP contribution in [0.4, 0.5) is 5.82 Å². The number of aromatic carboxylic acids is 1. The third-order valence-electron chi connectivity index (χ3n) is 2.50. The molecule has 0 atom stereocenters. The molecule has 0 aliphatic carbocycles. The smallest absolute Gasteiger partial charge is 0.335 e. The summed E-state index contributed by atoms with van der Waals surface area (Å²) < 4.78 is 0. The zero-order valence-electron chi connectivity index (χ0n) is 10.6. The van der Waals surface area contributed by atoms with E-state index in [0.29, 0.717) is 25.3 Å². The Morgan fingerprint density at radius 2 is 2.00 bits per heavy atom. The van der Waals surface area contributed by atoms with E-state index in [1.807, 2.05) is 11.8 Å². The van der Waals surface area contributed by atoms with Gasteiger partial charge in [0.25, 0.3) is 0 Å². The summed E-state index contributed by atoms with van der Waals surface area (Å²) in [6.07, 6.45) is 4.21. The minimum atomic E-state index is -0.939. The fourth-order valence-corrected chi connectivity index (χ4v) is 1.61. The van der Waals surface area contributed by atoms with Crippen molar-refractivity contribution in [1.29, 1.82) is 0 Å². The van der Waals surface area contributed by atoms with Crippen molar-refractivity contribution in [2.75, 3.05) is 18.0 Å². The first kappa shape index (κ1) is 14.0. The van der Waals surface area contributed by atoms with Crippen molar-refractivity contribution in [3.05, 3.63) is 48.7 Å². The lowest BCUT2D eigenvalue weighted by Crippen LogP contribution is -2.25. The maximum Gasteiger partial charge on any atom is 0.335 e. The van der Waals surface area contributed by atoms with Crippen LogP contribution in [0.15, 0.2) is 37.4 Å². The van der Waals surface area contributed by atoms with Gasteiger partial charge in [0, 0.05) is 18.8 Å². The van der Waals surface area contributed by atoms with E-state index in [4.69, 9.17) is 5.11 Å². The van der Waals surface area contributed by atoms with Crippen LogP contribution in [0, 0.1) is 0 Å². The standard InChI is InChI=1S/C14H18N2O2/c1-4-7-16(8-5-2)13-10-11(14(17)18)9-12(6-3)15-13/h4-5,9-10H,1-2,6-8H2,3H3,(H,17,18). The maximum atomic E-state index is 11.1. The van der Waals surface area contributed by atoms with Gasteiger partial charge < -0.3 is 10.0 Å². The number of carbonyl (C=O) groups is 1. The van der Waals surface area contributed by atoms with Crippen LogP contribution in [0.2, 0.25) is 0 Å². The average molecular weight is 246 g/mol. The molecule has 0 saturated heterocycles. The zero-order chi connectivity index (χ0) is 13.5. The van der Waals surface area contributed by atoms with Gasteiger partial charge >= 0.3 is 5.97 Å².